The van der Waals surface area contributed by atoms with E-state index >= 15 is 0 Å². The topological polar surface area (TPSA) is 186 Å². The number of unbranched alkanes of at least 4 members (excludes halogenated alkanes) is 1. The summed E-state index contributed by atoms with van der Waals surface area (Å²) in [6.07, 6.45) is 3.22. The van der Waals surface area contributed by atoms with Gasteiger partial charge in [0, 0.05) is 25.9 Å². The van der Waals surface area contributed by atoms with Gasteiger partial charge in [0.15, 0.2) is 14.1 Å². The molecule has 0 aliphatic heterocycles. The van der Waals surface area contributed by atoms with Gasteiger partial charge < -0.3 is 48.8 Å². The standard InChI is InChI=1S/C54H81N3O12Si/c1-10-43-24-25-46(44-22-20-42(21-23-44)38-68-70(8,9)54(5,6)7)36-45(43)18-14-15-19-47(58)39-65-34-32-64-31-29-56-50(60)40-66-35-33-63-30-28-55-49(59)27-26-48(51(61)69-53(2,3)4)57-52(62)67-37-41-16-12-11-13-17-41/h11-13,16-17,20-25,36,48H,10,14-15,18-19,26-35,37-40H2,1-9H3,(H,55,59)(H,56,60)(H,57,62). The van der Waals surface area contributed by atoms with Crippen molar-refractivity contribution in [2.45, 2.75) is 136 Å². The van der Waals surface area contributed by atoms with E-state index in [9.17, 15) is 24.0 Å². The fourth-order valence-corrected chi connectivity index (χ4v) is 7.59. The summed E-state index contributed by atoms with van der Waals surface area (Å²) < 4.78 is 38.9. The minimum Gasteiger partial charge on any atom is -0.458 e. The Labute approximate surface area is 417 Å². The lowest BCUT2D eigenvalue weighted by Crippen LogP contribution is -2.45. The molecule has 3 N–H and O–H groups in total. The van der Waals surface area contributed by atoms with Crippen LogP contribution in [0.3, 0.4) is 0 Å². The van der Waals surface area contributed by atoms with Crippen LogP contribution in [0.4, 0.5) is 4.79 Å². The minimum atomic E-state index is -1.81. The Morgan fingerprint density at radius 1 is 0.629 bits per heavy atom. The molecule has 3 aromatic rings. The monoisotopic (exact) mass is 992 g/mol. The Hall–Kier alpha value is -4.97. The van der Waals surface area contributed by atoms with E-state index in [4.69, 9.17) is 32.8 Å². The average Bonchev–Trinajstić information content (AvgIpc) is 3.31. The van der Waals surface area contributed by atoms with Crippen molar-refractivity contribution in [3.05, 3.63) is 95.1 Å². The Kier molecular flexibility index (Phi) is 26.6. The molecule has 388 valence electrons. The van der Waals surface area contributed by atoms with E-state index in [2.05, 4.69) is 99.2 Å². The van der Waals surface area contributed by atoms with E-state index in [0.717, 1.165) is 31.2 Å². The van der Waals surface area contributed by atoms with E-state index in [1.54, 1.807) is 20.8 Å². The van der Waals surface area contributed by atoms with Crippen LogP contribution in [0.2, 0.25) is 18.1 Å². The molecule has 0 saturated carbocycles. The number of benzene rings is 3. The Bertz CT molecular complexity index is 2030. The Morgan fingerprint density at radius 2 is 1.23 bits per heavy atom. The molecule has 0 spiro atoms. The summed E-state index contributed by atoms with van der Waals surface area (Å²) in [5, 5.41) is 8.12. The predicted molar refractivity (Wildman–Crippen MR) is 274 cm³/mol. The highest BCUT2D eigenvalue weighted by Gasteiger charge is 2.37. The van der Waals surface area contributed by atoms with E-state index in [1.165, 1.54) is 27.8 Å². The van der Waals surface area contributed by atoms with Crippen molar-refractivity contribution in [3.63, 3.8) is 0 Å². The van der Waals surface area contributed by atoms with Crippen LogP contribution in [0.15, 0.2) is 72.8 Å². The summed E-state index contributed by atoms with van der Waals surface area (Å²) in [4.78, 5) is 62.2. The Morgan fingerprint density at radius 3 is 1.86 bits per heavy atom. The van der Waals surface area contributed by atoms with Crippen LogP contribution < -0.4 is 16.0 Å². The molecule has 70 heavy (non-hydrogen) atoms. The zero-order chi connectivity index (χ0) is 51.4. The van der Waals surface area contributed by atoms with Gasteiger partial charge in [-0.25, -0.2) is 9.59 Å². The molecule has 0 aliphatic rings. The predicted octanol–water partition coefficient (Wildman–Crippen LogP) is 8.44. The lowest BCUT2D eigenvalue weighted by atomic mass is 9.94. The van der Waals surface area contributed by atoms with Crippen molar-refractivity contribution in [2.24, 2.45) is 0 Å². The van der Waals surface area contributed by atoms with E-state index < -0.39 is 32.0 Å². The molecule has 16 heteroatoms. The van der Waals surface area contributed by atoms with Crippen molar-refractivity contribution < 1.29 is 56.8 Å². The first kappa shape index (κ1) is 59.3. The smallest absolute Gasteiger partial charge is 0.408 e. The fourth-order valence-electron chi connectivity index (χ4n) is 6.63. The van der Waals surface area contributed by atoms with Gasteiger partial charge in [0.1, 0.15) is 31.5 Å². The second kappa shape index (κ2) is 31.4. The van der Waals surface area contributed by atoms with Gasteiger partial charge in [-0.1, -0.05) is 100 Å². The van der Waals surface area contributed by atoms with Gasteiger partial charge in [-0.2, -0.15) is 0 Å². The van der Waals surface area contributed by atoms with E-state index in [0.29, 0.717) is 26.2 Å². The molecule has 0 radical (unpaired) electrons. The lowest BCUT2D eigenvalue weighted by molar-refractivity contribution is -0.157. The van der Waals surface area contributed by atoms with Crippen LogP contribution in [0.1, 0.15) is 103 Å². The first-order valence-corrected chi connectivity index (χ1v) is 27.6. The van der Waals surface area contributed by atoms with Crippen LogP contribution >= 0.6 is 0 Å². The van der Waals surface area contributed by atoms with E-state index in [1.807, 2.05) is 30.3 Å². The minimum absolute atomic E-state index is 0.00607. The van der Waals surface area contributed by atoms with Gasteiger partial charge in [-0.3, -0.25) is 14.4 Å². The fraction of sp³-hybridized carbons (Fsp3) is 0.574. The zero-order valence-corrected chi connectivity index (χ0v) is 44.3. The molecule has 0 bridgehead atoms. The molecule has 15 nitrogen and oxygen atoms in total. The van der Waals surface area contributed by atoms with Crippen molar-refractivity contribution in [1.29, 1.82) is 0 Å². The summed E-state index contributed by atoms with van der Waals surface area (Å²) in [6, 6.07) is 23.5. The number of rotatable bonds is 33. The quantitative estimate of drug-likeness (QED) is 0.0301. The number of ether oxygens (including phenoxy) is 6. The molecule has 3 rings (SSSR count). The maximum absolute atomic E-state index is 12.8. The maximum Gasteiger partial charge on any atom is 0.408 e. The number of alkyl carbamates (subject to hydrolysis) is 1. The highest BCUT2D eigenvalue weighted by Crippen LogP contribution is 2.37. The van der Waals surface area contributed by atoms with Crippen molar-refractivity contribution in [3.8, 4) is 11.1 Å². The van der Waals surface area contributed by atoms with Crippen LogP contribution in [0.5, 0.6) is 0 Å². The van der Waals surface area contributed by atoms with Crippen LogP contribution in [-0.2, 0) is 78.1 Å². The SMILES string of the molecule is CCc1ccc(-c2ccc(CO[Si](C)(C)C(C)(C)C)cc2)cc1CCCCC(=O)COCCOCCNC(=O)COCCOCCNC(=O)CCC(NC(=O)OCc1ccccc1)C(=O)OC(C)(C)C. The third kappa shape index (κ3) is 24.7. The average molecular weight is 992 g/mol. The molecule has 1 atom stereocenters. The number of hydrogen-bond acceptors (Lipinski definition) is 12. The molecule has 3 amide bonds. The molecule has 0 fully saturated rings. The van der Waals surface area contributed by atoms with Crippen molar-refractivity contribution in [1.82, 2.24) is 16.0 Å². The van der Waals surface area contributed by atoms with Crippen LogP contribution in [-0.4, -0.2) is 116 Å². The number of aryl methyl sites for hydroxylation is 2. The molecular formula is C54H81N3O12Si. The summed E-state index contributed by atoms with van der Waals surface area (Å²) >= 11 is 0. The second-order valence-electron chi connectivity index (χ2n) is 19.7. The molecular weight excluding hydrogens is 911 g/mol. The number of nitrogens with one attached hydrogen (secondary N) is 3. The molecule has 1 unspecified atom stereocenters. The summed E-state index contributed by atoms with van der Waals surface area (Å²) in [6.45, 7) is 21.2. The number of hydrogen-bond donors (Lipinski definition) is 3. The summed E-state index contributed by atoms with van der Waals surface area (Å²) in [7, 11) is -1.81. The molecule has 0 heterocycles. The first-order chi connectivity index (χ1) is 33.3. The number of carbonyl (C=O) groups excluding carboxylic acids is 5. The zero-order valence-electron chi connectivity index (χ0n) is 43.3. The number of esters is 1. The first-order valence-electron chi connectivity index (χ1n) is 24.7. The second-order valence-corrected chi connectivity index (χ2v) is 24.5. The highest BCUT2D eigenvalue weighted by atomic mass is 28.4. The van der Waals surface area contributed by atoms with Gasteiger partial charge in [0.25, 0.3) is 0 Å². The molecule has 3 aromatic carbocycles. The summed E-state index contributed by atoms with van der Waals surface area (Å²) in [5.41, 5.74) is 6.24. The highest BCUT2D eigenvalue weighted by molar-refractivity contribution is 6.74. The van der Waals surface area contributed by atoms with Gasteiger partial charge in [0.2, 0.25) is 11.8 Å². The molecule has 0 aromatic heterocycles. The molecule has 0 saturated heterocycles. The van der Waals surface area contributed by atoms with Gasteiger partial charge in [-0.05, 0) is 104 Å². The van der Waals surface area contributed by atoms with Gasteiger partial charge >= 0.3 is 12.1 Å². The van der Waals surface area contributed by atoms with Crippen molar-refractivity contribution in [2.75, 3.05) is 65.9 Å². The third-order valence-electron chi connectivity index (χ3n) is 11.7. The normalized spacial score (nSPS) is 12.2. The number of Topliss-reactive ketones (excluding diaryl/α,β-unsaturated/α-hetero) is 1. The third-order valence-corrected chi connectivity index (χ3v) is 16.1. The summed E-state index contributed by atoms with van der Waals surface area (Å²) in [5.74, 6) is -1.23. The number of ketones is 1. The number of amides is 3. The number of carbonyl (C=O) groups is 5. The van der Waals surface area contributed by atoms with Crippen LogP contribution in [0, 0.1) is 0 Å². The van der Waals surface area contributed by atoms with Crippen molar-refractivity contribution >= 4 is 38.0 Å². The van der Waals surface area contributed by atoms with Gasteiger partial charge in [0.05, 0.1) is 46.2 Å². The lowest BCUT2D eigenvalue weighted by Gasteiger charge is -2.36. The van der Waals surface area contributed by atoms with Crippen LogP contribution in [0.25, 0.3) is 11.1 Å². The Balaban J connectivity index is 1.17. The van der Waals surface area contributed by atoms with Gasteiger partial charge in [-0.15, -0.1) is 0 Å². The maximum atomic E-state index is 12.8. The largest absolute Gasteiger partial charge is 0.458 e. The van der Waals surface area contributed by atoms with E-state index in [-0.39, 0.29) is 94.9 Å². The molecule has 0 aliphatic carbocycles.